The van der Waals surface area contributed by atoms with Crippen LogP contribution >= 0.6 is 0 Å². The first kappa shape index (κ1) is 13.5. The monoisotopic (exact) mass is 264 g/mol. The highest BCUT2D eigenvalue weighted by Crippen LogP contribution is 2.25. The summed E-state index contributed by atoms with van der Waals surface area (Å²) < 4.78 is 13.9. The summed E-state index contributed by atoms with van der Waals surface area (Å²) in [6.45, 7) is 1.96. The lowest BCUT2D eigenvalue weighted by atomic mass is 10.1. The molecule has 0 spiro atoms. The Morgan fingerprint density at radius 1 is 1.42 bits per heavy atom. The first-order chi connectivity index (χ1) is 9.15. The quantitative estimate of drug-likeness (QED) is 0.768. The van der Waals surface area contributed by atoms with Gasteiger partial charge >= 0.3 is 0 Å². The molecule has 0 saturated heterocycles. The van der Waals surface area contributed by atoms with Gasteiger partial charge in [-0.05, 0) is 18.6 Å². The van der Waals surface area contributed by atoms with Gasteiger partial charge in [-0.1, -0.05) is 19.4 Å². The molecule has 102 valence electrons. The maximum absolute atomic E-state index is 13.9. The number of nitrogens with two attached hydrogens (primary N) is 1. The van der Waals surface area contributed by atoms with Crippen LogP contribution in [0, 0.1) is 5.82 Å². The average molecular weight is 264 g/mol. The molecule has 2 rings (SSSR count). The van der Waals surface area contributed by atoms with Crippen LogP contribution in [0.25, 0.3) is 10.9 Å². The Morgan fingerprint density at radius 2 is 2.21 bits per heavy atom. The first-order valence-electron chi connectivity index (χ1n) is 6.24. The summed E-state index contributed by atoms with van der Waals surface area (Å²) in [6, 6.07) is 4.42. The Labute approximate surface area is 110 Å². The van der Waals surface area contributed by atoms with E-state index in [1.807, 2.05) is 6.92 Å². The van der Waals surface area contributed by atoms with E-state index in [9.17, 15) is 9.50 Å². The van der Waals surface area contributed by atoms with Gasteiger partial charge in [-0.15, -0.1) is 0 Å². The van der Waals surface area contributed by atoms with E-state index >= 15 is 0 Å². The predicted molar refractivity (Wildman–Crippen MR) is 73.3 cm³/mol. The van der Waals surface area contributed by atoms with E-state index in [4.69, 9.17) is 5.73 Å². The third-order valence-electron chi connectivity index (χ3n) is 2.89. The van der Waals surface area contributed by atoms with Gasteiger partial charge in [0.2, 0.25) is 5.95 Å². The van der Waals surface area contributed by atoms with Gasteiger partial charge in [0.1, 0.15) is 11.6 Å². The topological polar surface area (TPSA) is 84.1 Å². The van der Waals surface area contributed by atoms with Gasteiger partial charge in [0, 0.05) is 0 Å². The van der Waals surface area contributed by atoms with Crippen LogP contribution in [0.3, 0.4) is 0 Å². The number of nitrogen functional groups attached to an aromatic ring is 1. The zero-order valence-electron chi connectivity index (χ0n) is 10.7. The van der Waals surface area contributed by atoms with Gasteiger partial charge in [0.05, 0.1) is 23.6 Å². The maximum Gasteiger partial charge on any atom is 0.222 e. The van der Waals surface area contributed by atoms with Crippen molar-refractivity contribution in [1.82, 2.24) is 9.97 Å². The van der Waals surface area contributed by atoms with Gasteiger partial charge in [-0.3, -0.25) is 0 Å². The fourth-order valence-corrected chi connectivity index (χ4v) is 2.01. The van der Waals surface area contributed by atoms with E-state index in [1.54, 1.807) is 12.1 Å². The molecule has 2 aromatic rings. The van der Waals surface area contributed by atoms with Crippen LogP contribution in [0.4, 0.5) is 16.2 Å². The largest absolute Gasteiger partial charge is 0.394 e. The van der Waals surface area contributed by atoms with Gasteiger partial charge in [0.25, 0.3) is 0 Å². The standard InChI is InChI=1S/C13H17FN4O/c1-2-4-8(7-19)16-12-11-9(14)5-3-6-10(11)17-13(15)18-12/h3,5-6,8,19H,2,4,7H2,1H3,(H3,15,16,17,18). The lowest BCUT2D eigenvalue weighted by Gasteiger charge is -2.17. The highest BCUT2D eigenvalue weighted by molar-refractivity contribution is 5.90. The molecule has 6 heteroatoms. The van der Waals surface area contributed by atoms with Crippen molar-refractivity contribution in [3.63, 3.8) is 0 Å². The first-order valence-corrected chi connectivity index (χ1v) is 6.24. The Kier molecular flexibility index (Phi) is 4.11. The molecule has 0 fully saturated rings. The number of aromatic nitrogens is 2. The summed E-state index contributed by atoms with van der Waals surface area (Å²) in [6.07, 6.45) is 1.66. The Bertz CT molecular complexity index is 576. The second-order valence-electron chi connectivity index (χ2n) is 4.38. The van der Waals surface area contributed by atoms with Gasteiger partial charge < -0.3 is 16.2 Å². The zero-order chi connectivity index (χ0) is 13.8. The maximum atomic E-state index is 13.9. The van der Waals surface area contributed by atoms with Gasteiger partial charge in [-0.2, -0.15) is 4.98 Å². The lowest BCUT2D eigenvalue weighted by molar-refractivity contribution is 0.268. The molecule has 0 saturated carbocycles. The normalized spacial score (nSPS) is 12.6. The average Bonchev–Trinajstić information content (AvgIpc) is 2.37. The molecule has 0 radical (unpaired) electrons. The van der Waals surface area contributed by atoms with Crippen molar-refractivity contribution < 1.29 is 9.50 Å². The molecule has 5 nitrogen and oxygen atoms in total. The SMILES string of the molecule is CCCC(CO)Nc1nc(N)nc2cccc(F)c12. The van der Waals surface area contributed by atoms with Crippen LogP contribution in [-0.2, 0) is 0 Å². The number of nitrogens with one attached hydrogen (secondary N) is 1. The summed E-state index contributed by atoms with van der Waals surface area (Å²) >= 11 is 0. The molecular formula is C13H17FN4O. The van der Waals surface area contributed by atoms with Crippen LogP contribution in [0.5, 0.6) is 0 Å². The van der Waals surface area contributed by atoms with Crippen LogP contribution in [-0.4, -0.2) is 27.7 Å². The fourth-order valence-electron chi connectivity index (χ4n) is 2.01. The van der Waals surface area contributed by atoms with E-state index in [2.05, 4.69) is 15.3 Å². The Morgan fingerprint density at radius 3 is 2.89 bits per heavy atom. The molecule has 0 bridgehead atoms. The molecule has 4 N–H and O–H groups in total. The molecule has 0 aliphatic carbocycles. The Hall–Kier alpha value is -1.95. The molecular weight excluding hydrogens is 247 g/mol. The zero-order valence-corrected chi connectivity index (χ0v) is 10.7. The second-order valence-corrected chi connectivity index (χ2v) is 4.38. The smallest absolute Gasteiger partial charge is 0.222 e. The molecule has 1 aromatic carbocycles. The minimum atomic E-state index is -0.409. The second kappa shape index (κ2) is 5.79. The highest BCUT2D eigenvalue weighted by Gasteiger charge is 2.14. The van der Waals surface area contributed by atoms with Crippen molar-refractivity contribution in [3.05, 3.63) is 24.0 Å². The number of hydrogen-bond donors (Lipinski definition) is 3. The summed E-state index contributed by atoms with van der Waals surface area (Å²) in [7, 11) is 0. The van der Waals surface area contributed by atoms with Crippen LogP contribution in [0.15, 0.2) is 18.2 Å². The van der Waals surface area contributed by atoms with Gasteiger partial charge in [0.15, 0.2) is 0 Å². The number of halogens is 1. The number of anilines is 2. The van der Waals surface area contributed by atoms with Crippen LogP contribution < -0.4 is 11.1 Å². The van der Waals surface area contributed by atoms with Crippen molar-refractivity contribution >= 4 is 22.7 Å². The number of aliphatic hydroxyl groups excluding tert-OH is 1. The molecule has 1 atom stereocenters. The summed E-state index contributed by atoms with van der Waals surface area (Å²) in [5.74, 6) is -0.00456. The molecule has 19 heavy (non-hydrogen) atoms. The molecule has 0 amide bonds. The van der Waals surface area contributed by atoms with E-state index in [1.165, 1.54) is 6.07 Å². The molecule has 1 heterocycles. The Balaban J connectivity index is 2.46. The van der Waals surface area contributed by atoms with Crippen molar-refractivity contribution in [2.75, 3.05) is 17.7 Å². The van der Waals surface area contributed by atoms with Crippen molar-refractivity contribution in [2.24, 2.45) is 0 Å². The number of rotatable bonds is 5. The summed E-state index contributed by atoms with van der Waals surface area (Å²) in [5, 5.41) is 12.6. The minimum Gasteiger partial charge on any atom is -0.394 e. The van der Waals surface area contributed by atoms with E-state index in [0.717, 1.165) is 12.8 Å². The number of benzene rings is 1. The number of nitrogens with zero attached hydrogens (tertiary/aromatic N) is 2. The van der Waals surface area contributed by atoms with Crippen molar-refractivity contribution in [3.8, 4) is 0 Å². The van der Waals surface area contributed by atoms with E-state index in [-0.39, 0.29) is 18.6 Å². The number of hydrogen-bond acceptors (Lipinski definition) is 5. The predicted octanol–water partition coefficient (Wildman–Crippen LogP) is 1.92. The molecule has 1 aromatic heterocycles. The molecule has 0 aliphatic rings. The van der Waals surface area contributed by atoms with Crippen molar-refractivity contribution in [2.45, 2.75) is 25.8 Å². The van der Waals surface area contributed by atoms with E-state index < -0.39 is 5.82 Å². The fraction of sp³-hybridized carbons (Fsp3) is 0.385. The molecule has 1 unspecified atom stereocenters. The highest BCUT2D eigenvalue weighted by atomic mass is 19.1. The van der Waals surface area contributed by atoms with E-state index in [0.29, 0.717) is 16.7 Å². The third-order valence-corrected chi connectivity index (χ3v) is 2.89. The summed E-state index contributed by atoms with van der Waals surface area (Å²) in [5.41, 5.74) is 6.07. The number of aliphatic hydroxyl groups is 1. The number of fused-ring (bicyclic) bond motifs is 1. The van der Waals surface area contributed by atoms with Crippen molar-refractivity contribution in [1.29, 1.82) is 0 Å². The third kappa shape index (κ3) is 2.90. The molecule has 0 aliphatic heterocycles. The lowest BCUT2D eigenvalue weighted by Crippen LogP contribution is -2.24. The van der Waals surface area contributed by atoms with Gasteiger partial charge in [-0.25, -0.2) is 9.37 Å². The minimum absolute atomic E-state index is 0.0479. The summed E-state index contributed by atoms with van der Waals surface area (Å²) in [4.78, 5) is 8.04. The van der Waals surface area contributed by atoms with Crippen LogP contribution in [0.2, 0.25) is 0 Å². The van der Waals surface area contributed by atoms with Crippen LogP contribution in [0.1, 0.15) is 19.8 Å².